The minimum atomic E-state index is 0.533. The molecule has 0 spiro atoms. The molecule has 0 heteroatoms. The molecule has 26 heavy (non-hydrogen) atoms. The number of aryl methyl sites for hydroxylation is 1. The highest BCUT2D eigenvalue weighted by Crippen LogP contribution is 2.33. The van der Waals surface area contributed by atoms with Crippen molar-refractivity contribution in [1.82, 2.24) is 0 Å². The van der Waals surface area contributed by atoms with Crippen molar-refractivity contribution >= 4 is 16.7 Å². The summed E-state index contributed by atoms with van der Waals surface area (Å²) in [4.78, 5) is 0. The van der Waals surface area contributed by atoms with Crippen molar-refractivity contribution in [1.29, 1.82) is 0 Å². The van der Waals surface area contributed by atoms with Crippen molar-refractivity contribution < 1.29 is 0 Å². The van der Waals surface area contributed by atoms with Crippen LogP contribution in [0, 0.1) is 12.3 Å². The Kier molecular flexibility index (Phi) is 3.83. The molecule has 0 heterocycles. The molecule has 0 bridgehead atoms. The van der Waals surface area contributed by atoms with E-state index < -0.39 is 0 Å². The zero-order valence-corrected chi connectivity index (χ0v) is 14.7. The lowest BCUT2D eigenvalue weighted by Gasteiger charge is -2.25. The molecule has 0 aliphatic heterocycles. The van der Waals surface area contributed by atoms with Crippen LogP contribution in [0.15, 0.2) is 91.1 Å². The summed E-state index contributed by atoms with van der Waals surface area (Å²) in [7, 11) is 0. The summed E-state index contributed by atoms with van der Waals surface area (Å²) in [6.45, 7) is 0. The van der Waals surface area contributed by atoms with E-state index in [-0.39, 0.29) is 0 Å². The minimum absolute atomic E-state index is 0.533. The zero-order chi connectivity index (χ0) is 17.3. The fourth-order valence-electron chi connectivity index (χ4n) is 4.22. The van der Waals surface area contributed by atoms with E-state index in [0.29, 0.717) is 5.92 Å². The summed E-state index contributed by atoms with van der Waals surface area (Å²) in [6, 6.07) is 17.7. The largest absolute Gasteiger partial charge is 0.0761 e. The molecule has 0 saturated heterocycles. The summed E-state index contributed by atoms with van der Waals surface area (Å²) >= 11 is 0. The molecule has 0 aromatic heterocycles. The first kappa shape index (κ1) is 15.4. The lowest BCUT2D eigenvalue weighted by molar-refractivity contribution is 0.699. The maximum Gasteiger partial charge on any atom is 0.0131 e. The van der Waals surface area contributed by atoms with Crippen LogP contribution in [0.1, 0.15) is 17.5 Å². The summed E-state index contributed by atoms with van der Waals surface area (Å²) < 4.78 is 0. The zero-order valence-electron chi connectivity index (χ0n) is 14.7. The van der Waals surface area contributed by atoms with Gasteiger partial charge in [0.15, 0.2) is 0 Å². The van der Waals surface area contributed by atoms with Gasteiger partial charge in [-0.3, -0.25) is 0 Å². The van der Waals surface area contributed by atoms with Gasteiger partial charge in [-0.05, 0) is 51.1 Å². The predicted molar refractivity (Wildman–Crippen MR) is 110 cm³/mol. The van der Waals surface area contributed by atoms with Crippen molar-refractivity contribution in [2.24, 2.45) is 5.92 Å². The molecule has 0 nitrogen and oxygen atoms in total. The molecular formula is C26H21. The average Bonchev–Trinajstić information content (AvgIpc) is 2.74. The maximum atomic E-state index is 2.46. The van der Waals surface area contributed by atoms with Crippen molar-refractivity contribution in [3.05, 3.63) is 119 Å². The smallest absolute Gasteiger partial charge is 0.0131 e. The van der Waals surface area contributed by atoms with Gasteiger partial charge in [-0.25, -0.2) is 0 Å². The molecule has 3 aliphatic carbocycles. The van der Waals surface area contributed by atoms with E-state index in [1.807, 2.05) is 0 Å². The SMILES string of the molecule is [CH]1C=CC=C/C1=c1/ccc2c(c1)CCC1C=C(c3ccccc3)C=CC=21. The second kappa shape index (κ2) is 6.46. The van der Waals surface area contributed by atoms with Crippen LogP contribution in [0.3, 0.4) is 0 Å². The lowest BCUT2D eigenvalue weighted by Crippen LogP contribution is -2.26. The van der Waals surface area contributed by atoms with Crippen molar-refractivity contribution in [3.8, 4) is 0 Å². The summed E-state index contributed by atoms with van der Waals surface area (Å²) in [6.07, 6.45) is 20.1. The Hall–Kier alpha value is -2.86. The topological polar surface area (TPSA) is 0 Å². The summed E-state index contributed by atoms with van der Waals surface area (Å²) in [5.41, 5.74) is 6.92. The monoisotopic (exact) mass is 333 g/mol. The first-order chi connectivity index (χ1) is 12.9. The van der Waals surface area contributed by atoms with Crippen LogP contribution in [-0.4, -0.2) is 0 Å². The molecule has 1 unspecified atom stereocenters. The Bertz CT molecular complexity index is 1090. The third-order valence-corrected chi connectivity index (χ3v) is 5.58. The van der Waals surface area contributed by atoms with Crippen LogP contribution in [0.4, 0.5) is 0 Å². The molecule has 0 amide bonds. The molecule has 0 saturated carbocycles. The van der Waals surface area contributed by atoms with Gasteiger partial charge >= 0.3 is 0 Å². The number of benzene rings is 2. The Morgan fingerprint density at radius 3 is 2.58 bits per heavy atom. The van der Waals surface area contributed by atoms with Gasteiger partial charge in [-0.2, -0.15) is 0 Å². The predicted octanol–water partition coefficient (Wildman–Crippen LogP) is 4.53. The van der Waals surface area contributed by atoms with Gasteiger partial charge in [-0.15, -0.1) is 0 Å². The van der Waals surface area contributed by atoms with E-state index in [4.69, 9.17) is 0 Å². The Balaban J connectivity index is 1.58. The van der Waals surface area contributed by atoms with Gasteiger partial charge < -0.3 is 0 Å². The van der Waals surface area contributed by atoms with Crippen molar-refractivity contribution in [2.45, 2.75) is 12.8 Å². The average molecular weight is 333 g/mol. The fourth-order valence-corrected chi connectivity index (χ4v) is 4.22. The van der Waals surface area contributed by atoms with Gasteiger partial charge in [-0.1, -0.05) is 91.1 Å². The highest BCUT2D eigenvalue weighted by molar-refractivity contribution is 5.83. The third kappa shape index (κ3) is 2.72. The van der Waals surface area contributed by atoms with Gasteiger partial charge in [0.25, 0.3) is 0 Å². The molecule has 0 N–H and O–H groups in total. The second-order valence-electron chi connectivity index (χ2n) is 7.16. The first-order valence-electron chi connectivity index (χ1n) is 9.39. The molecular weight excluding hydrogens is 312 g/mol. The summed E-state index contributed by atoms with van der Waals surface area (Å²) in [5, 5.41) is 2.75. The number of allylic oxidation sites excluding steroid dienone is 8. The molecule has 0 fully saturated rings. The fraction of sp³-hybridized carbons (Fsp3) is 0.115. The van der Waals surface area contributed by atoms with Gasteiger partial charge in [0, 0.05) is 12.3 Å². The van der Waals surface area contributed by atoms with E-state index in [9.17, 15) is 0 Å². The van der Waals surface area contributed by atoms with Crippen LogP contribution < -0.4 is 10.4 Å². The highest BCUT2D eigenvalue weighted by Gasteiger charge is 2.21. The lowest BCUT2D eigenvalue weighted by atomic mass is 9.79. The number of fused-ring (bicyclic) bond motifs is 2. The van der Waals surface area contributed by atoms with E-state index in [1.54, 1.807) is 0 Å². The standard InChI is InChI=1S/C26H21/c1-3-7-19(8-4-1)21-13-15-25-23(17-21)11-12-24-18-22(14-16-26(24)25)20-9-5-2-6-10-20/h1-10,13-18,23H,11-12H2. The Labute approximate surface area is 154 Å². The van der Waals surface area contributed by atoms with Gasteiger partial charge in [0.1, 0.15) is 0 Å². The van der Waals surface area contributed by atoms with Gasteiger partial charge in [0.2, 0.25) is 0 Å². The Morgan fingerprint density at radius 2 is 1.73 bits per heavy atom. The quantitative estimate of drug-likeness (QED) is 0.719. The molecule has 1 radical (unpaired) electrons. The minimum Gasteiger partial charge on any atom is -0.0761 e. The van der Waals surface area contributed by atoms with Crippen LogP contribution in [0.2, 0.25) is 0 Å². The van der Waals surface area contributed by atoms with Crippen LogP contribution in [0.25, 0.3) is 16.7 Å². The first-order valence-corrected chi connectivity index (χ1v) is 9.39. The third-order valence-electron chi connectivity index (χ3n) is 5.58. The second-order valence-corrected chi connectivity index (χ2v) is 7.16. The highest BCUT2D eigenvalue weighted by atomic mass is 14.2. The molecule has 2 aromatic rings. The normalized spacial score (nSPS) is 22.7. The molecule has 1 atom stereocenters. The van der Waals surface area contributed by atoms with E-state index in [0.717, 1.165) is 6.42 Å². The van der Waals surface area contributed by atoms with E-state index in [2.05, 4.69) is 97.5 Å². The summed E-state index contributed by atoms with van der Waals surface area (Å²) in [5.74, 6) is 0.533. The van der Waals surface area contributed by atoms with E-state index >= 15 is 0 Å². The maximum absolute atomic E-state index is 2.46. The van der Waals surface area contributed by atoms with E-state index in [1.165, 1.54) is 44.7 Å². The number of rotatable bonds is 1. The molecule has 2 aromatic carbocycles. The van der Waals surface area contributed by atoms with Gasteiger partial charge in [0.05, 0.1) is 0 Å². The number of hydrogen-bond donors (Lipinski definition) is 0. The van der Waals surface area contributed by atoms with Crippen molar-refractivity contribution in [2.75, 3.05) is 0 Å². The van der Waals surface area contributed by atoms with Crippen LogP contribution in [-0.2, 0) is 6.42 Å². The van der Waals surface area contributed by atoms with Crippen molar-refractivity contribution in [3.63, 3.8) is 0 Å². The Morgan fingerprint density at radius 1 is 0.808 bits per heavy atom. The number of hydrogen-bond acceptors (Lipinski definition) is 0. The molecule has 3 aliphatic rings. The van der Waals surface area contributed by atoms with Crippen LogP contribution >= 0.6 is 0 Å². The molecule has 5 rings (SSSR count). The molecule has 125 valence electrons. The van der Waals surface area contributed by atoms with Crippen LogP contribution in [0.5, 0.6) is 0 Å².